The second-order valence-corrected chi connectivity index (χ2v) is 17.4. The number of amides is 1. The number of nitrogens with one attached hydrogen (secondary N) is 1. The number of halogens is 1. The third kappa shape index (κ3) is 5.81. The summed E-state index contributed by atoms with van der Waals surface area (Å²) in [6.07, 6.45) is 7.36. The molecule has 224 valence electrons. The van der Waals surface area contributed by atoms with Crippen molar-refractivity contribution < 1.29 is 28.5 Å². The van der Waals surface area contributed by atoms with Crippen LogP contribution in [-0.2, 0) is 18.7 Å². The van der Waals surface area contributed by atoms with E-state index in [1.165, 1.54) is 0 Å². The summed E-state index contributed by atoms with van der Waals surface area (Å²) in [5.41, 5.74) is -0.00195. The van der Waals surface area contributed by atoms with Crippen molar-refractivity contribution in [3.05, 3.63) is 20.8 Å². The van der Waals surface area contributed by atoms with Gasteiger partial charge in [0.15, 0.2) is 0 Å². The predicted molar refractivity (Wildman–Crippen MR) is 159 cm³/mol. The van der Waals surface area contributed by atoms with Crippen LogP contribution in [0.4, 0.5) is 0 Å². The van der Waals surface area contributed by atoms with Crippen LogP contribution in [0.1, 0.15) is 103 Å². The van der Waals surface area contributed by atoms with Crippen LogP contribution in [0.2, 0.25) is 0 Å². The lowest BCUT2D eigenvalue weighted by atomic mass is 9.44. The average molecular weight is 659 g/mol. The van der Waals surface area contributed by atoms with E-state index in [1.807, 2.05) is 6.07 Å². The topological polar surface area (TPSA) is 113 Å². The van der Waals surface area contributed by atoms with Crippen molar-refractivity contribution in [1.29, 1.82) is 0 Å². The summed E-state index contributed by atoms with van der Waals surface area (Å²) in [4.78, 5) is 46.5. The highest BCUT2D eigenvalue weighted by Gasteiger charge is 2.64. The Morgan fingerprint density at radius 3 is 2.58 bits per heavy atom. The molecule has 1 unspecified atom stereocenters. The maximum absolute atomic E-state index is 13.2. The number of rotatable bonds is 8. The van der Waals surface area contributed by atoms with Gasteiger partial charge in [-0.3, -0.25) is 14.1 Å². The lowest BCUT2D eigenvalue weighted by molar-refractivity contribution is -0.166. The molecule has 10 heteroatoms. The van der Waals surface area contributed by atoms with Crippen molar-refractivity contribution >= 4 is 46.8 Å². The molecular formula is C30H45BrNO6PS. The molecule has 4 fully saturated rings. The van der Waals surface area contributed by atoms with Crippen LogP contribution in [0.3, 0.4) is 0 Å². The van der Waals surface area contributed by atoms with Gasteiger partial charge in [0.1, 0.15) is 5.78 Å². The summed E-state index contributed by atoms with van der Waals surface area (Å²) in [5.74, 6) is 1.70. The zero-order valence-corrected chi connectivity index (χ0v) is 27.4. The molecule has 1 aromatic heterocycles. The number of fused-ring (bicyclic) bond motifs is 5. The van der Waals surface area contributed by atoms with Gasteiger partial charge in [-0.1, -0.05) is 27.7 Å². The SMILES string of the molecule is CC[C@@H](NC(=O)C[C@@H](C)C1CC[C@H]2[C@@H]3[C@H](OP(=O)(O)O)C[C@@H]4CC(=O)CC[C@]4(C)[C@H]3CC[C@]12C)c1ccc(Br)s1. The maximum Gasteiger partial charge on any atom is 0.469 e. The monoisotopic (exact) mass is 657 g/mol. The second-order valence-electron chi connectivity index (χ2n) is 13.7. The van der Waals surface area contributed by atoms with Crippen LogP contribution in [0.5, 0.6) is 0 Å². The number of carbonyl (C=O) groups excluding carboxylic acids is 2. The van der Waals surface area contributed by atoms with Gasteiger partial charge in [-0.15, -0.1) is 11.3 Å². The molecule has 4 aliphatic carbocycles. The van der Waals surface area contributed by atoms with Crippen LogP contribution < -0.4 is 5.32 Å². The van der Waals surface area contributed by atoms with Crippen molar-refractivity contribution in [3.63, 3.8) is 0 Å². The number of hydrogen-bond acceptors (Lipinski definition) is 5. The smallest absolute Gasteiger partial charge is 0.348 e. The number of hydrogen-bond donors (Lipinski definition) is 3. The van der Waals surface area contributed by atoms with Gasteiger partial charge in [0, 0.05) is 24.1 Å². The number of Topliss-reactive ketones (excluding diaryl/α,β-unsaturated/α-hetero) is 1. The van der Waals surface area contributed by atoms with Crippen molar-refractivity contribution in [1.82, 2.24) is 5.32 Å². The van der Waals surface area contributed by atoms with Crippen molar-refractivity contribution in [2.24, 2.45) is 46.3 Å². The third-order valence-electron chi connectivity index (χ3n) is 11.7. The van der Waals surface area contributed by atoms with Crippen molar-refractivity contribution in [2.45, 2.75) is 104 Å². The molecule has 0 bridgehead atoms. The van der Waals surface area contributed by atoms with Crippen LogP contribution in [0, 0.1) is 46.3 Å². The minimum absolute atomic E-state index is 0.00417. The molecule has 1 heterocycles. The summed E-state index contributed by atoms with van der Waals surface area (Å²) in [7, 11) is -4.67. The summed E-state index contributed by atoms with van der Waals surface area (Å²) < 4.78 is 18.8. The summed E-state index contributed by atoms with van der Waals surface area (Å²) >= 11 is 5.19. The lowest BCUT2D eigenvalue weighted by Crippen LogP contribution is -2.58. The van der Waals surface area contributed by atoms with E-state index in [0.29, 0.717) is 43.4 Å². The Bertz CT molecular complexity index is 1170. The van der Waals surface area contributed by atoms with Gasteiger partial charge in [-0.05, 0) is 119 Å². The molecule has 1 amide bonds. The van der Waals surface area contributed by atoms with Gasteiger partial charge in [0.25, 0.3) is 0 Å². The molecule has 10 atom stereocenters. The zero-order chi connectivity index (χ0) is 29.0. The molecule has 7 nitrogen and oxygen atoms in total. The van der Waals surface area contributed by atoms with E-state index in [2.05, 4.69) is 55.0 Å². The quantitative estimate of drug-likeness (QED) is 0.251. The van der Waals surface area contributed by atoms with Gasteiger partial charge >= 0.3 is 7.82 Å². The van der Waals surface area contributed by atoms with E-state index in [9.17, 15) is 23.9 Å². The number of phosphoric acid groups is 1. The molecule has 1 aromatic rings. The van der Waals surface area contributed by atoms with Crippen molar-refractivity contribution in [3.8, 4) is 0 Å². The second kappa shape index (κ2) is 11.5. The Hall–Kier alpha value is -0.570. The Morgan fingerprint density at radius 1 is 1.20 bits per heavy atom. The third-order valence-corrected chi connectivity index (χ3v) is 14.0. The summed E-state index contributed by atoms with van der Waals surface area (Å²) in [6, 6.07) is 4.11. The van der Waals surface area contributed by atoms with E-state index in [0.717, 1.165) is 47.2 Å². The number of phosphoric ester groups is 1. The predicted octanol–water partition coefficient (Wildman–Crippen LogP) is 7.42. The number of ketones is 1. The van der Waals surface area contributed by atoms with Gasteiger partial charge in [-0.25, -0.2) is 4.57 Å². The first kappa shape index (κ1) is 30.9. The molecule has 0 spiro atoms. The zero-order valence-electron chi connectivity index (χ0n) is 24.1. The lowest BCUT2D eigenvalue weighted by Gasteiger charge is -2.62. The van der Waals surface area contributed by atoms with Gasteiger partial charge in [0.2, 0.25) is 5.91 Å². The van der Waals surface area contributed by atoms with Crippen molar-refractivity contribution in [2.75, 3.05) is 0 Å². The van der Waals surface area contributed by atoms with Crippen LogP contribution in [0.15, 0.2) is 15.9 Å². The Morgan fingerprint density at radius 2 is 1.93 bits per heavy atom. The Balaban J connectivity index is 1.34. The molecule has 4 aliphatic rings. The minimum Gasteiger partial charge on any atom is -0.348 e. The first-order valence-electron chi connectivity index (χ1n) is 15.1. The molecular weight excluding hydrogens is 613 g/mol. The number of thiophene rings is 1. The van der Waals surface area contributed by atoms with Crippen LogP contribution >= 0.6 is 35.1 Å². The molecule has 0 aromatic carbocycles. The normalized spacial score (nSPS) is 39.1. The first-order valence-corrected chi connectivity index (χ1v) is 18.2. The van der Waals surface area contributed by atoms with E-state index in [1.54, 1.807) is 11.3 Å². The molecule has 40 heavy (non-hydrogen) atoms. The fraction of sp³-hybridized carbons (Fsp3) is 0.800. The van der Waals surface area contributed by atoms with Gasteiger partial charge in [-0.2, -0.15) is 0 Å². The molecule has 0 radical (unpaired) electrons. The molecule has 4 saturated carbocycles. The highest BCUT2D eigenvalue weighted by molar-refractivity contribution is 9.11. The fourth-order valence-corrected chi connectivity index (χ4v) is 12.0. The average Bonchev–Trinajstić information content (AvgIpc) is 3.45. The Labute approximate surface area is 251 Å². The van der Waals surface area contributed by atoms with Crippen LogP contribution in [-0.4, -0.2) is 27.6 Å². The highest BCUT2D eigenvalue weighted by atomic mass is 79.9. The first-order chi connectivity index (χ1) is 18.7. The highest BCUT2D eigenvalue weighted by Crippen LogP contribution is 2.69. The van der Waals surface area contributed by atoms with Crippen LogP contribution in [0.25, 0.3) is 0 Å². The largest absolute Gasteiger partial charge is 0.469 e. The molecule has 0 aliphatic heterocycles. The molecule has 5 rings (SSSR count). The minimum atomic E-state index is -4.67. The standard InChI is InChI=1S/C30H45BrNO6PS/c1-5-23(25-8-9-26(31)40-25)32-27(34)14-17(2)20-6-7-21-28-22(11-13-30(20,21)4)29(3)12-10-19(33)15-18(29)16-24(28)38-39(35,36)37/h8-9,17-18,20-24,28H,5-7,10-16H2,1-4H3,(H,32,34)(H2,35,36,37)/t17-,18+,20?,21+,22+,23-,24-,28+,29+,30-/m1/s1. The van der Waals surface area contributed by atoms with E-state index < -0.39 is 13.9 Å². The fourth-order valence-electron chi connectivity index (χ4n) is 9.83. The van der Waals surface area contributed by atoms with Gasteiger partial charge in [0.05, 0.1) is 15.9 Å². The van der Waals surface area contributed by atoms with Gasteiger partial charge < -0.3 is 15.1 Å². The van der Waals surface area contributed by atoms with E-state index >= 15 is 0 Å². The Kier molecular flexibility index (Phi) is 8.87. The van der Waals surface area contributed by atoms with E-state index in [-0.39, 0.29) is 46.3 Å². The van der Waals surface area contributed by atoms with E-state index in [4.69, 9.17) is 4.52 Å². The summed E-state index contributed by atoms with van der Waals surface area (Å²) in [5, 5.41) is 3.27. The number of carbonyl (C=O) groups is 2. The molecule has 3 N–H and O–H groups in total. The molecule has 0 saturated heterocycles. The maximum atomic E-state index is 13.2. The summed E-state index contributed by atoms with van der Waals surface area (Å²) in [6.45, 7) is 9.00.